The summed E-state index contributed by atoms with van der Waals surface area (Å²) in [7, 11) is 0.144. The number of aliphatic hydroxyl groups excluding tert-OH is 1. The number of carbonyl (C=O) groups is 7. The number of carbonyl (C=O) groups excluding carboxylic acids is 7. The lowest BCUT2D eigenvalue weighted by Gasteiger charge is -2.15. The third-order valence-corrected chi connectivity index (χ3v) is 20.7. The second kappa shape index (κ2) is 49.5. The van der Waals surface area contributed by atoms with Crippen LogP contribution in [0.5, 0.6) is 5.75 Å². The minimum absolute atomic E-state index is 0. The summed E-state index contributed by atoms with van der Waals surface area (Å²) >= 11 is 0.914. The summed E-state index contributed by atoms with van der Waals surface area (Å²) in [4.78, 5) is 104. The van der Waals surface area contributed by atoms with Crippen LogP contribution in [0.4, 0.5) is 27.9 Å². The van der Waals surface area contributed by atoms with E-state index < -0.39 is 22.7 Å². The Balaban J connectivity index is 0.000000221. The van der Waals surface area contributed by atoms with E-state index in [2.05, 4.69) is 84.4 Å². The average molecular weight is 1700 g/mol. The van der Waals surface area contributed by atoms with E-state index in [-0.39, 0.29) is 94.6 Å². The lowest BCUT2D eigenvalue weighted by molar-refractivity contribution is -0.910. The Bertz CT molecular complexity index is 5450. The maximum absolute atomic E-state index is 12.5. The number of nitrogens with zero attached hydrogens (tertiary/aromatic N) is 5. The molecule has 0 radical (unpaired) electrons. The van der Waals surface area contributed by atoms with Gasteiger partial charge in [0.05, 0.1) is 42.5 Å². The molecule has 0 bridgehead atoms. The van der Waals surface area contributed by atoms with Gasteiger partial charge in [-0.25, -0.2) is 28.2 Å². The highest BCUT2D eigenvalue weighted by atomic mass is 35.5. The van der Waals surface area contributed by atoms with Gasteiger partial charge in [0.2, 0.25) is 5.95 Å². The highest BCUT2D eigenvalue weighted by Gasteiger charge is 2.19. The van der Waals surface area contributed by atoms with E-state index in [1.54, 1.807) is 78.1 Å². The summed E-state index contributed by atoms with van der Waals surface area (Å²) in [5.41, 5.74) is 24.4. The van der Waals surface area contributed by atoms with Crippen LogP contribution in [0.15, 0.2) is 272 Å². The molecule has 0 aliphatic carbocycles. The van der Waals surface area contributed by atoms with Gasteiger partial charge in [-0.2, -0.15) is 0 Å². The summed E-state index contributed by atoms with van der Waals surface area (Å²) < 4.78 is 43.7. The third-order valence-electron chi connectivity index (χ3n) is 18.6. The summed E-state index contributed by atoms with van der Waals surface area (Å²) in [6.45, 7) is 11.3. The van der Waals surface area contributed by atoms with Crippen molar-refractivity contribution in [3.8, 4) is 17.0 Å². The second-order valence-corrected chi connectivity index (χ2v) is 30.6. The Labute approximate surface area is 715 Å². The number of pyridine rings is 2. The van der Waals surface area contributed by atoms with E-state index in [1.807, 2.05) is 148 Å². The molecule has 0 fully saturated rings. The summed E-state index contributed by atoms with van der Waals surface area (Å²) in [5.74, 6) is 0.373. The van der Waals surface area contributed by atoms with Gasteiger partial charge in [0.15, 0.2) is 28.2 Å². The van der Waals surface area contributed by atoms with Crippen molar-refractivity contribution in [2.75, 3.05) is 74.2 Å². The number of ether oxygens (including phenoxy) is 3. The number of esters is 1. The minimum Gasteiger partial charge on any atom is -1.00 e. The van der Waals surface area contributed by atoms with Gasteiger partial charge in [0.25, 0.3) is 10.0 Å². The number of hydrogen-bond donors (Lipinski definition) is 7. The van der Waals surface area contributed by atoms with Crippen LogP contribution in [0.2, 0.25) is 0 Å². The summed E-state index contributed by atoms with van der Waals surface area (Å²) in [5, 5.41) is 17.0. The molecule has 0 atom stereocenters. The molecule has 3 heterocycles. The van der Waals surface area contributed by atoms with Crippen LogP contribution in [0.3, 0.4) is 0 Å². The number of aliphatic hydroxyl groups is 1. The van der Waals surface area contributed by atoms with Crippen molar-refractivity contribution in [1.82, 2.24) is 30.2 Å². The zero-order chi connectivity index (χ0) is 84.9. The van der Waals surface area contributed by atoms with Crippen molar-refractivity contribution >= 4 is 96.0 Å². The number of aromatic nitrogens is 4. The number of nitrogen functional groups attached to an aromatic ring is 2. The van der Waals surface area contributed by atoms with E-state index in [1.165, 1.54) is 48.3 Å². The van der Waals surface area contributed by atoms with Crippen LogP contribution >= 0.6 is 11.8 Å². The number of nitrogens with two attached hydrogens (primary N) is 2. The highest BCUT2D eigenvalue weighted by Crippen LogP contribution is 2.24. The van der Waals surface area contributed by atoms with Crippen LogP contribution in [0.25, 0.3) is 22.0 Å². The van der Waals surface area contributed by atoms with Crippen LogP contribution in [0.1, 0.15) is 113 Å². The molecule has 1 amide bonds. The predicted octanol–water partition coefficient (Wildman–Crippen LogP) is 9.86. The van der Waals surface area contributed by atoms with Gasteiger partial charge in [-0.3, -0.25) is 38.5 Å². The molecule has 630 valence electrons. The number of rotatable bonds is 35. The van der Waals surface area contributed by atoms with Gasteiger partial charge in [-0.1, -0.05) is 176 Å². The zero-order valence-electron chi connectivity index (χ0n) is 67.9. The van der Waals surface area contributed by atoms with E-state index in [0.717, 1.165) is 99.9 Å². The first-order valence-corrected chi connectivity index (χ1v) is 41.1. The first-order valence-electron chi connectivity index (χ1n) is 38.6. The molecule has 0 aliphatic rings. The Hall–Kier alpha value is -12.9. The zero-order valence-corrected chi connectivity index (χ0v) is 70.3. The first kappa shape index (κ1) is 95.3. The number of nitrogens with one attached hydrogen (secondary N) is 4. The SMILES string of the molecule is CC(=O)SCC(=O)c1ccc(NS(=O)(=O)c2ccc(OCCCN(C)C)cc2)nc1.CC[NH+](CC)Cc1ccc2cc(COC(=O)Cc3ccc(C(=O)CO)cc3)ccc2c1.Nc1ccccc1CC(=O)c1ccc(CNC(=O)OCc2ccccc2)cc1.Nc1ccccc1CC(=O)c1ccc(CNc2nccc(-c3cccnc3)n2)cc1.O.[Cl-]. The molecule has 12 aromatic rings. The largest absolute Gasteiger partial charge is 1.00 e. The number of anilines is 4. The van der Waals surface area contributed by atoms with Gasteiger partial charge in [-0.05, 0) is 163 Å². The number of halogens is 1. The second-order valence-electron chi connectivity index (χ2n) is 27.8. The molecule has 0 unspecified atom stereocenters. The number of fused-ring (bicyclic) bond motifs is 1. The first-order chi connectivity index (χ1) is 57.5. The van der Waals surface area contributed by atoms with Crippen LogP contribution in [-0.4, -0.2) is 137 Å². The Morgan fingerprint density at radius 2 is 1.10 bits per heavy atom. The van der Waals surface area contributed by atoms with E-state index in [9.17, 15) is 42.0 Å². The van der Waals surface area contributed by atoms with Crippen molar-refractivity contribution < 1.29 is 84.1 Å². The van der Waals surface area contributed by atoms with Crippen molar-refractivity contribution in [3.05, 3.63) is 334 Å². The standard InChI is InChI=1S/C26H29NO4.C24H21N5O.C23H22N2O3.C20H25N3O5S2.ClH.H2O/c1-3-27(4-2)16-20-7-11-24-14-21(8-12-23(24)13-20)18-31-26(30)15-19-5-9-22(10-6-19)25(29)17-28;25-21-6-2-1-4-19(21)14-23(30)18-9-7-17(8-10-18)15-28-24-27-13-11-22(29-24)20-5-3-12-26-16-20;24-21-9-5-4-8-20(21)14-22(26)19-12-10-17(11-13-19)15-25-23(27)28-16-18-6-2-1-3-7-18;1-15(24)29-14-19(25)16-5-10-20(21-13-16)22-30(26,27)18-8-6-17(7-9-18)28-12-4-11-23(2)3;;/h5-14,28H,3-4,15-18H2,1-2H3;1-13,16H,14-15,25H2,(H,27,28,29);1-13H,14-16,24H2,(H,25,27);5-10,13H,4,11-12,14H2,1-3H3,(H,21,22);1H;1H2. The van der Waals surface area contributed by atoms with Crippen LogP contribution < -0.4 is 48.9 Å². The fraction of sp³-hybridized carbons (Fsp3) is 0.215. The normalized spacial score (nSPS) is 10.6. The molecule has 9 aromatic carbocycles. The lowest BCUT2D eigenvalue weighted by atomic mass is 10.0. The number of quaternary nitrogens is 1. The smallest absolute Gasteiger partial charge is 0.407 e. The van der Waals surface area contributed by atoms with Gasteiger partial charge in [0, 0.05) is 109 Å². The molecule has 28 heteroatoms. The average Bonchev–Trinajstić information content (AvgIpc) is 0.829. The summed E-state index contributed by atoms with van der Waals surface area (Å²) in [6.07, 6.45) is 7.57. The van der Waals surface area contributed by atoms with Gasteiger partial charge >= 0.3 is 12.1 Å². The number of sulfonamides is 1. The molecule has 0 saturated carbocycles. The van der Waals surface area contributed by atoms with Crippen molar-refractivity contribution in [2.24, 2.45) is 0 Å². The van der Waals surface area contributed by atoms with E-state index >= 15 is 0 Å². The molecule has 3 aromatic heterocycles. The number of Topliss-reactive ketones (excluding diaryl/α,β-unsaturated/α-hetero) is 4. The predicted molar refractivity (Wildman–Crippen MR) is 469 cm³/mol. The van der Waals surface area contributed by atoms with Crippen LogP contribution in [0, 0.1) is 0 Å². The fourth-order valence-corrected chi connectivity index (χ4v) is 13.3. The molecule has 0 saturated heterocycles. The summed E-state index contributed by atoms with van der Waals surface area (Å²) in [6, 6.07) is 73.0. The topological polar surface area (TPSA) is 380 Å². The molecule has 121 heavy (non-hydrogen) atoms. The minimum atomic E-state index is -3.83. The number of benzene rings is 9. The van der Waals surface area contributed by atoms with Gasteiger partial charge < -0.3 is 69.1 Å². The third kappa shape index (κ3) is 32.1. The highest BCUT2D eigenvalue weighted by molar-refractivity contribution is 8.14. The Morgan fingerprint density at radius 1 is 0.545 bits per heavy atom. The molecular weight excluding hydrogens is 1590 g/mol. The number of thioether (sulfide) groups is 1. The van der Waals surface area contributed by atoms with Crippen molar-refractivity contribution in [1.29, 1.82) is 0 Å². The van der Waals surface area contributed by atoms with Crippen molar-refractivity contribution in [2.45, 2.75) is 84.2 Å². The molecular formula is C93H100ClN11O14S2. The number of hydrogen-bond acceptors (Lipinski definition) is 22. The maximum atomic E-state index is 12.5. The van der Waals surface area contributed by atoms with Gasteiger partial charge in [-0.15, -0.1) is 0 Å². The molecule has 12 rings (SSSR count). The molecule has 0 spiro atoms. The number of alkyl carbamates (subject to hydrolysis) is 1. The Kier molecular flexibility index (Phi) is 39.0. The number of para-hydroxylation sites is 2. The molecule has 25 nitrogen and oxygen atoms in total. The quantitative estimate of drug-likeness (QED) is 0.00840. The van der Waals surface area contributed by atoms with Crippen molar-refractivity contribution in [3.63, 3.8) is 0 Å². The number of ketones is 4. The monoisotopic (exact) mass is 1690 g/mol. The van der Waals surface area contributed by atoms with E-state index in [4.69, 9.17) is 30.8 Å². The molecule has 11 N–H and O–H groups in total. The van der Waals surface area contributed by atoms with Gasteiger partial charge in [0.1, 0.15) is 37.9 Å². The van der Waals surface area contributed by atoms with E-state index in [0.29, 0.717) is 71.4 Å². The van der Waals surface area contributed by atoms with Crippen LogP contribution in [-0.2, 0) is 81.2 Å². The number of amides is 1. The Morgan fingerprint density at radius 3 is 1.66 bits per heavy atom. The maximum Gasteiger partial charge on any atom is 0.407 e. The molecule has 0 aliphatic heterocycles. The fourth-order valence-electron chi connectivity index (χ4n) is 11.8. The lowest BCUT2D eigenvalue weighted by Crippen LogP contribution is -3.10.